The SMILES string of the molecule is CCOc1ccc(CNCc2ccc(OC)c(OC)c2OC)cc1. The zero-order valence-electron chi connectivity index (χ0n) is 14.7. The van der Waals surface area contributed by atoms with Gasteiger partial charge in [-0.25, -0.2) is 0 Å². The summed E-state index contributed by atoms with van der Waals surface area (Å²) in [5.41, 5.74) is 2.21. The summed E-state index contributed by atoms with van der Waals surface area (Å²) in [6.07, 6.45) is 0. The van der Waals surface area contributed by atoms with Gasteiger partial charge in [0.25, 0.3) is 0 Å². The van der Waals surface area contributed by atoms with Crippen molar-refractivity contribution in [2.75, 3.05) is 27.9 Å². The van der Waals surface area contributed by atoms with E-state index in [1.165, 1.54) is 5.56 Å². The van der Waals surface area contributed by atoms with Crippen molar-refractivity contribution in [2.45, 2.75) is 20.0 Å². The standard InChI is InChI=1S/C19H25NO4/c1-5-24-16-9-6-14(7-10-16)12-20-13-15-8-11-17(21-2)19(23-4)18(15)22-3/h6-11,20H,5,12-13H2,1-4H3. The minimum Gasteiger partial charge on any atom is -0.494 e. The Morgan fingerprint density at radius 2 is 1.50 bits per heavy atom. The molecule has 2 rings (SSSR count). The maximum absolute atomic E-state index is 5.49. The van der Waals surface area contributed by atoms with Crippen LogP contribution in [0, 0.1) is 0 Å². The number of hydrogen-bond donors (Lipinski definition) is 1. The van der Waals surface area contributed by atoms with Crippen LogP contribution in [0.2, 0.25) is 0 Å². The molecule has 24 heavy (non-hydrogen) atoms. The van der Waals surface area contributed by atoms with Gasteiger partial charge in [-0.3, -0.25) is 0 Å². The first kappa shape index (κ1) is 17.9. The molecule has 0 amide bonds. The van der Waals surface area contributed by atoms with Crippen LogP contribution in [-0.4, -0.2) is 27.9 Å². The molecule has 2 aromatic rings. The van der Waals surface area contributed by atoms with E-state index in [4.69, 9.17) is 18.9 Å². The lowest BCUT2D eigenvalue weighted by Crippen LogP contribution is -2.13. The topological polar surface area (TPSA) is 49.0 Å². The van der Waals surface area contributed by atoms with Crippen LogP contribution in [-0.2, 0) is 13.1 Å². The van der Waals surface area contributed by atoms with Crippen molar-refractivity contribution in [3.05, 3.63) is 47.5 Å². The zero-order valence-corrected chi connectivity index (χ0v) is 14.7. The molecule has 5 heteroatoms. The highest BCUT2D eigenvalue weighted by atomic mass is 16.5. The molecule has 0 aromatic heterocycles. The summed E-state index contributed by atoms with van der Waals surface area (Å²) in [7, 11) is 4.85. The molecule has 0 radical (unpaired) electrons. The van der Waals surface area contributed by atoms with Gasteiger partial charge >= 0.3 is 0 Å². The highest BCUT2D eigenvalue weighted by Gasteiger charge is 2.15. The predicted octanol–water partition coefficient (Wildman–Crippen LogP) is 3.40. The molecule has 0 bridgehead atoms. The lowest BCUT2D eigenvalue weighted by atomic mass is 10.1. The monoisotopic (exact) mass is 331 g/mol. The molecular formula is C19H25NO4. The second-order valence-electron chi connectivity index (χ2n) is 5.17. The van der Waals surface area contributed by atoms with E-state index in [9.17, 15) is 0 Å². The van der Waals surface area contributed by atoms with Gasteiger partial charge in [-0.15, -0.1) is 0 Å². The molecular weight excluding hydrogens is 306 g/mol. The molecule has 130 valence electrons. The third kappa shape index (κ3) is 4.32. The Labute approximate surface area is 143 Å². The van der Waals surface area contributed by atoms with Crippen molar-refractivity contribution < 1.29 is 18.9 Å². The molecule has 0 unspecified atom stereocenters. The predicted molar refractivity (Wildman–Crippen MR) is 94.3 cm³/mol. The summed E-state index contributed by atoms with van der Waals surface area (Å²) in [6.45, 7) is 4.07. The van der Waals surface area contributed by atoms with Crippen LogP contribution in [0.25, 0.3) is 0 Å². The largest absolute Gasteiger partial charge is 0.494 e. The van der Waals surface area contributed by atoms with Crippen molar-refractivity contribution >= 4 is 0 Å². The van der Waals surface area contributed by atoms with E-state index < -0.39 is 0 Å². The van der Waals surface area contributed by atoms with Gasteiger partial charge in [-0.2, -0.15) is 0 Å². The van der Waals surface area contributed by atoms with E-state index in [0.29, 0.717) is 30.4 Å². The van der Waals surface area contributed by atoms with Crippen LogP contribution in [0.15, 0.2) is 36.4 Å². The number of rotatable bonds is 9. The Hall–Kier alpha value is -2.40. The van der Waals surface area contributed by atoms with Gasteiger partial charge in [-0.1, -0.05) is 18.2 Å². The van der Waals surface area contributed by atoms with Gasteiger partial charge in [-0.05, 0) is 30.7 Å². The van der Waals surface area contributed by atoms with Crippen molar-refractivity contribution in [1.29, 1.82) is 0 Å². The van der Waals surface area contributed by atoms with Crippen molar-refractivity contribution in [1.82, 2.24) is 5.32 Å². The Morgan fingerprint density at radius 3 is 2.08 bits per heavy atom. The first-order valence-electron chi connectivity index (χ1n) is 7.93. The van der Waals surface area contributed by atoms with Gasteiger partial charge in [0.1, 0.15) is 5.75 Å². The molecule has 0 aliphatic rings. The van der Waals surface area contributed by atoms with E-state index in [-0.39, 0.29) is 0 Å². The normalized spacial score (nSPS) is 10.3. The Kier molecular flexibility index (Phi) is 6.75. The number of benzene rings is 2. The maximum atomic E-state index is 5.49. The van der Waals surface area contributed by atoms with Crippen LogP contribution >= 0.6 is 0 Å². The summed E-state index contributed by atoms with van der Waals surface area (Å²) in [4.78, 5) is 0. The first-order chi connectivity index (χ1) is 11.7. The van der Waals surface area contributed by atoms with Gasteiger partial charge in [0, 0.05) is 18.7 Å². The number of methoxy groups -OCH3 is 3. The molecule has 0 aliphatic heterocycles. The van der Waals surface area contributed by atoms with Crippen LogP contribution in [0.4, 0.5) is 0 Å². The number of nitrogens with one attached hydrogen (secondary N) is 1. The lowest BCUT2D eigenvalue weighted by Gasteiger charge is -2.16. The molecule has 0 spiro atoms. The summed E-state index contributed by atoms with van der Waals surface area (Å²) in [5, 5.41) is 3.42. The number of ether oxygens (including phenoxy) is 4. The molecule has 0 fully saturated rings. The molecule has 0 aliphatic carbocycles. The van der Waals surface area contributed by atoms with E-state index in [2.05, 4.69) is 17.4 Å². The van der Waals surface area contributed by atoms with E-state index >= 15 is 0 Å². The summed E-state index contributed by atoms with van der Waals surface area (Å²) in [5.74, 6) is 2.85. The van der Waals surface area contributed by atoms with Crippen LogP contribution in [0.3, 0.4) is 0 Å². The molecule has 0 atom stereocenters. The quantitative estimate of drug-likeness (QED) is 0.763. The Bertz CT molecular complexity index is 641. The summed E-state index contributed by atoms with van der Waals surface area (Å²) >= 11 is 0. The van der Waals surface area contributed by atoms with Crippen molar-refractivity contribution in [2.24, 2.45) is 0 Å². The molecule has 2 aromatic carbocycles. The molecule has 5 nitrogen and oxygen atoms in total. The second-order valence-corrected chi connectivity index (χ2v) is 5.17. The Morgan fingerprint density at radius 1 is 0.792 bits per heavy atom. The average Bonchev–Trinajstić information content (AvgIpc) is 2.62. The molecule has 0 saturated carbocycles. The molecule has 0 saturated heterocycles. The summed E-state index contributed by atoms with van der Waals surface area (Å²) in [6, 6.07) is 11.9. The molecule has 1 N–H and O–H groups in total. The van der Waals surface area contributed by atoms with Gasteiger partial charge in [0.15, 0.2) is 11.5 Å². The fourth-order valence-corrected chi connectivity index (χ4v) is 2.51. The smallest absolute Gasteiger partial charge is 0.203 e. The van der Waals surface area contributed by atoms with E-state index in [1.807, 2.05) is 31.2 Å². The fourth-order valence-electron chi connectivity index (χ4n) is 2.51. The molecule has 0 heterocycles. The van der Waals surface area contributed by atoms with Gasteiger partial charge in [0.2, 0.25) is 5.75 Å². The lowest BCUT2D eigenvalue weighted by molar-refractivity contribution is 0.321. The first-order valence-corrected chi connectivity index (χ1v) is 7.93. The minimum absolute atomic E-state index is 0.611. The van der Waals surface area contributed by atoms with Crippen LogP contribution < -0.4 is 24.3 Å². The van der Waals surface area contributed by atoms with E-state index in [0.717, 1.165) is 17.9 Å². The minimum atomic E-state index is 0.611. The maximum Gasteiger partial charge on any atom is 0.203 e. The number of hydrogen-bond acceptors (Lipinski definition) is 5. The third-order valence-electron chi connectivity index (χ3n) is 3.66. The fraction of sp³-hybridized carbons (Fsp3) is 0.368. The Balaban J connectivity index is 2.01. The van der Waals surface area contributed by atoms with Crippen molar-refractivity contribution in [3.8, 4) is 23.0 Å². The van der Waals surface area contributed by atoms with E-state index in [1.54, 1.807) is 21.3 Å². The highest BCUT2D eigenvalue weighted by Crippen LogP contribution is 2.39. The average molecular weight is 331 g/mol. The van der Waals surface area contributed by atoms with Gasteiger partial charge < -0.3 is 24.3 Å². The van der Waals surface area contributed by atoms with Gasteiger partial charge in [0.05, 0.1) is 27.9 Å². The van der Waals surface area contributed by atoms with Crippen LogP contribution in [0.1, 0.15) is 18.1 Å². The highest BCUT2D eigenvalue weighted by molar-refractivity contribution is 5.55. The van der Waals surface area contributed by atoms with Crippen LogP contribution in [0.5, 0.6) is 23.0 Å². The summed E-state index contributed by atoms with van der Waals surface area (Å²) < 4.78 is 21.7. The zero-order chi connectivity index (χ0) is 17.4. The third-order valence-corrected chi connectivity index (χ3v) is 3.66. The second kappa shape index (κ2) is 9.03. The van der Waals surface area contributed by atoms with Crippen molar-refractivity contribution in [3.63, 3.8) is 0 Å².